The Hall–Kier alpha value is -1.27. The van der Waals surface area contributed by atoms with Gasteiger partial charge in [0, 0.05) is 23.0 Å². The number of amides is 1. The first-order chi connectivity index (χ1) is 10.1. The van der Waals surface area contributed by atoms with Gasteiger partial charge in [0.2, 0.25) is 5.91 Å². The average Bonchev–Trinajstić information content (AvgIpc) is 2.47. The second kappa shape index (κ2) is 10.5. The van der Waals surface area contributed by atoms with Crippen LogP contribution >= 0.6 is 15.9 Å². The largest absolute Gasteiger partial charge is 0.326 e. The molecule has 1 aromatic rings. The molecule has 0 atom stereocenters. The number of carbonyl (C=O) groups is 1. The summed E-state index contributed by atoms with van der Waals surface area (Å²) in [6, 6.07) is 5.85. The molecule has 1 N–H and O–H groups in total. The normalized spacial score (nSPS) is 9.86. The minimum Gasteiger partial charge on any atom is -0.326 e. The monoisotopic (exact) mass is 349 g/mol. The van der Waals surface area contributed by atoms with Crippen LogP contribution in [0.2, 0.25) is 0 Å². The van der Waals surface area contributed by atoms with Gasteiger partial charge in [-0.1, -0.05) is 41.3 Å². The smallest absolute Gasteiger partial charge is 0.224 e. The van der Waals surface area contributed by atoms with Gasteiger partial charge in [0.25, 0.3) is 0 Å². The zero-order valence-electron chi connectivity index (χ0n) is 13.0. The van der Waals surface area contributed by atoms with Gasteiger partial charge in [-0.3, -0.25) is 4.79 Å². The Bertz CT molecular complexity index is 514. The van der Waals surface area contributed by atoms with Gasteiger partial charge in [0.05, 0.1) is 0 Å². The van der Waals surface area contributed by atoms with Crippen molar-refractivity contribution in [1.29, 1.82) is 0 Å². The summed E-state index contributed by atoms with van der Waals surface area (Å²) >= 11 is 3.47. The molecule has 0 radical (unpaired) electrons. The van der Waals surface area contributed by atoms with Crippen LogP contribution in [0.25, 0.3) is 0 Å². The summed E-state index contributed by atoms with van der Waals surface area (Å²) in [4.78, 5) is 11.9. The lowest BCUT2D eigenvalue weighted by Crippen LogP contribution is -2.12. The van der Waals surface area contributed by atoms with E-state index in [9.17, 15) is 4.79 Å². The van der Waals surface area contributed by atoms with Gasteiger partial charge in [0.15, 0.2) is 0 Å². The van der Waals surface area contributed by atoms with Gasteiger partial charge in [-0.2, -0.15) is 0 Å². The van der Waals surface area contributed by atoms with Crippen LogP contribution in [0.15, 0.2) is 22.7 Å². The van der Waals surface area contributed by atoms with Crippen LogP contribution in [0, 0.1) is 18.8 Å². The molecule has 2 nitrogen and oxygen atoms in total. The standard InChI is InChI=1S/C18H24BrNO/c1-3-4-5-6-7-8-9-10-14-18(21)20-17-13-11-12-16(19)15(17)2/h11-13H,5-10,14H2,1-2H3,(H,20,21). The molecule has 0 saturated carbocycles. The van der Waals surface area contributed by atoms with Crippen molar-refractivity contribution >= 4 is 27.5 Å². The van der Waals surface area contributed by atoms with Crippen LogP contribution in [0.1, 0.15) is 57.4 Å². The maximum Gasteiger partial charge on any atom is 0.224 e. The van der Waals surface area contributed by atoms with Crippen molar-refractivity contribution in [1.82, 2.24) is 0 Å². The minimum absolute atomic E-state index is 0.105. The van der Waals surface area contributed by atoms with E-state index in [4.69, 9.17) is 0 Å². The van der Waals surface area contributed by atoms with Gasteiger partial charge < -0.3 is 5.32 Å². The zero-order valence-corrected chi connectivity index (χ0v) is 14.6. The fourth-order valence-electron chi connectivity index (χ4n) is 2.11. The predicted octanol–water partition coefficient (Wildman–Crippen LogP) is 5.45. The van der Waals surface area contributed by atoms with E-state index in [-0.39, 0.29) is 5.91 Å². The topological polar surface area (TPSA) is 29.1 Å². The molecule has 21 heavy (non-hydrogen) atoms. The number of hydrogen-bond donors (Lipinski definition) is 1. The molecule has 0 aliphatic heterocycles. The molecule has 1 aromatic carbocycles. The number of rotatable bonds is 8. The SMILES string of the molecule is CC#CCCCCCCCC(=O)Nc1cccc(Br)c1C. The van der Waals surface area contributed by atoms with E-state index >= 15 is 0 Å². The van der Waals surface area contributed by atoms with Gasteiger partial charge >= 0.3 is 0 Å². The third kappa shape index (κ3) is 7.34. The highest BCUT2D eigenvalue weighted by Gasteiger charge is 2.06. The van der Waals surface area contributed by atoms with Crippen molar-refractivity contribution in [2.75, 3.05) is 5.32 Å². The van der Waals surface area contributed by atoms with Crippen LogP contribution in [0.3, 0.4) is 0 Å². The number of anilines is 1. The average molecular weight is 350 g/mol. The van der Waals surface area contributed by atoms with E-state index in [0.717, 1.165) is 35.0 Å². The third-order valence-corrected chi connectivity index (χ3v) is 4.28. The van der Waals surface area contributed by atoms with E-state index in [2.05, 4.69) is 33.1 Å². The molecule has 1 amide bonds. The Labute approximate surface area is 136 Å². The molecule has 0 aliphatic rings. The van der Waals surface area contributed by atoms with Crippen molar-refractivity contribution in [2.45, 2.75) is 58.8 Å². The number of unbranched alkanes of at least 4 members (excludes halogenated alkanes) is 5. The number of carbonyl (C=O) groups excluding carboxylic acids is 1. The van der Waals surface area contributed by atoms with Crippen molar-refractivity contribution in [3.05, 3.63) is 28.2 Å². The Morgan fingerprint density at radius 3 is 2.67 bits per heavy atom. The second-order valence-corrected chi connectivity index (χ2v) is 6.01. The summed E-state index contributed by atoms with van der Waals surface area (Å²) in [7, 11) is 0. The number of benzene rings is 1. The predicted molar refractivity (Wildman–Crippen MR) is 93.3 cm³/mol. The second-order valence-electron chi connectivity index (χ2n) is 5.16. The molecule has 3 heteroatoms. The summed E-state index contributed by atoms with van der Waals surface area (Å²) in [6.45, 7) is 3.88. The molecule has 0 unspecified atom stereocenters. The molecule has 0 saturated heterocycles. The summed E-state index contributed by atoms with van der Waals surface area (Å²) in [5.74, 6) is 6.09. The minimum atomic E-state index is 0.105. The molecule has 0 heterocycles. The Balaban J connectivity index is 2.16. The van der Waals surface area contributed by atoms with Crippen LogP contribution in [-0.2, 0) is 4.79 Å². The van der Waals surface area contributed by atoms with Crippen molar-refractivity contribution in [3.8, 4) is 11.8 Å². The quantitative estimate of drug-likeness (QED) is 0.490. The fraction of sp³-hybridized carbons (Fsp3) is 0.500. The summed E-state index contributed by atoms with van der Waals surface area (Å²) in [6.07, 6.45) is 7.24. The molecule has 0 fully saturated rings. The molecule has 1 rings (SSSR count). The van der Waals surface area contributed by atoms with Crippen LogP contribution in [0.5, 0.6) is 0 Å². The lowest BCUT2D eigenvalue weighted by molar-refractivity contribution is -0.116. The lowest BCUT2D eigenvalue weighted by Gasteiger charge is -2.09. The Morgan fingerprint density at radius 1 is 1.19 bits per heavy atom. The van der Waals surface area contributed by atoms with Crippen LogP contribution < -0.4 is 5.32 Å². The highest BCUT2D eigenvalue weighted by atomic mass is 79.9. The van der Waals surface area contributed by atoms with Crippen LogP contribution in [0.4, 0.5) is 5.69 Å². The Morgan fingerprint density at radius 2 is 1.90 bits per heavy atom. The number of hydrogen-bond acceptors (Lipinski definition) is 1. The maximum atomic E-state index is 11.9. The molecule has 0 spiro atoms. The highest BCUT2D eigenvalue weighted by molar-refractivity contribution is 9.10. The lowest BCUT2D eigenvalue weighted by atomic mass is 10.1. The van der Waals surface area contributed by atoms with Gasteiger partial charge in [-0.05, 0) is 44.4 Å². The molecular weight excluding hydrogens is 326 g/mol. The number of nitrogens with one attached hydrogen (secondary N) is 1. The van der Waals surface area contributed by atoms with E-state index < -0.39 is 0 Å². The zero-order chi connectivity index (χ0) is 15.5. The summed E-state index contributed by atoms with van der Waals surface area (Å²) in [5.41, 5.74) is 1.97. The fourth-order valence-corrected chi connectivity index (χ4v) is 2.48. The molecule has 0 bridgehead atoms. The first-order valence-electron chi connectivity index (χ1n) is 7.59. The third-order valence-electron chi connectivity index (χ3n) is 3.42. The van der Waals surface area contributed by atoms with Crippen molar-refractivity contribution < 1.29 is 4.79 Å². The molecule has 114 valence electrons. The van der Waals surface area contributed by atoms with Gasteiger partial charge in [-0.15, -0.1) is 11.8 Å². The molecule has 0 aromatic heterocycles. The first kappa shape index (κ1) is 17.8. The van der Waals surface area contributed by atoms with Crippen molar-refractivity contribution in [2.24, 2.45) is 0 Å². The van der Waals surface area contributed by atoms with Crippen molar-refractivity contribution in [3.63, 3.8) is 0 Å². The van der Waals surface area contributed by atoms with E-state index in [1.165, 1.54) is 19.3 Å². The Kier molecular flexibility index (Phi) is 8.85. The first-order valence-corrected chi connectivity index (χ1v) is 8.39. The van der Waals surface area contributed by atoms with E-state index in [1.54, 1.807) is 0 Å². The highest BCUT2D eigenvalue weighted by Crippen LogP contribution is 2.23. The maximum absolute atomic E-state index is 11.9. The van der Waals surface area contributed by atoms with Crippen LogP contribution in [-0.4, -0.2) is 5.91 Å². The number of halogens is 1. The summed E-state index contributed by atoms with van der Waals surface area (Å²) < 4.78 is 1.02. The van der Waals surface area contributed by atoms with E-state index in [1.807, 2.05) is 32.0 Å². The molecular formula is C18H24BrNO. The summed E-state index contributed by atoms with van der Waals surface area (Å²) in [5, 5.41) is 2.98. The van der Waals surface area contributed by atoms with Gasteiger partial charge in [-0.25, -0.2) is 0 Å². The molecule has 0 aliphatic carbocycles. The van der Waals surface area contributed by atoms with Gasteiger partial charge in [0.1, 0.15) is 0 Å². The van der Waals surface area contributed by atoms with E-state index in [0.29, 0.717) is 6.42 Å².